The average molecular weight is 267 g/mol. The monoisotopic (exact) mass is 267 g/mol. The van der Waals surface area contributed by atoms with Gasteiger partial charge in [0.25, 0.3) is 0 Å². The second-order valence-electron chi connectivity index (χ2n) is 4.48. The molecule has 0 bridgehead atoms. The minimum absolute atomic E-state index is 0.0829. The summed E-state index contributed by atoms with van der Waals surface area (Å²) in [4.78, 5) is 27.4. The van der Waals surface area contributed by atoms with Crippen molar-refractivity contribution in [3.8, 4) is 0 Å². The van der Waals surface area contributed by atoms with Crippen molar-refractivity contribution >= 4 is 27.8 Å². The number of nitrogens with one attached hydrogen (secondary N) is 1. The maximum Gasteiger partial charge on any atom is 0.338 e. The molecule has 0 aliphatic rings. The number of hydrogen-bond acceptors (Lipinski definition) is 3. The van der Waals surface area contributed by atoms with E-state index in [1.54, 1.807) is 31.2 Å². The van der Waals surface area contributed by atoms with Crippen molar-refractivity contribution in [1.82, 2.24) is 4.98 Å². The number of para-hydroxylation sites is 1. The van der Waals surface area contributed by atoms with E-state index in [0.29, 0.717) is 28.5 Å². The molecule has 0 amide bonds. The Morgan fingerprint density at radius 2 is 1.85 bits per heavy atom. The number of H-pyrrole nitrogens is 1. The molecular formula is C16H13NO3. The first-order chi connectivity index (χ1) is 9.70. The normalized spacial score (nSPS) is 10.8. The van der Waals surface area contributed by atoms with Gasteiger partial charge in [-0.3, -0.25) is 4.79 Å². The first-order valence-electron chi connectivity index (χ1n) is 6.42. The molecule has 0 aliphatic heterocycles. The fourth-order valence-electron chi connectivity index (χ4n) is 2.26. The Hall–Kier alpha value is -2.62. The first-order valence-corrected chi connectivity index (χ1v) is 6.42. The van der Waals surface area contributed by atoms with Crippen molar-refractivity contribution in [2.75, 3.05) is 6.61 Å². The van der Waals surface area contributed by atoms with E-state index >= 15 is 0 Å². The van der Waals surface area contributed by atoms with Crippen LogP contribution in [0.2, 0.25) is 0 Å². The van der Waals surface area contributed by atoms with Gasteiger partial charge < -0.3 is 9.72 Å². The zero-order valence-corrected chi connectivity index (χ0v) is 11.0. The van der Waals surface area contributed by atoms with Crippen LogP contribution in [0.3, 0.4) is 0 Å². The third kappa shape index (κ3) is 1.95. The first kappa shape index (κ1) is 12.4. The highest BCUT2D eigenvalue weighted by molar-refractivity contribution is 5.98. The standard InChI is InChI=1S/C16H13NO3/c1-2-20-16(19)10-7-8-14-12(9-10)15(18)11-5-3-4-6-13(11)17-14/h3-9H,2H2,1H3,(H,17,18). The summed E-state index contributed by atoms with van der Waals surface area (Å²) >= 11 is 0. The van der Waals surface area contributed by atoms with Crippen LogP contribution in [-0.4, -0.2) is 17.6 Å². The van der Waals surface area contributed by atoms with Crippen LogP contribution >= 0.6 is 0 Å². The maximum atomic E-state index is 12.4. The van der Waals surface area contributed by atoms with Crippen LogP contribution in [0.4, 0.5) is 0 Å². The van der Waals surface area contributed by atoms with Gasteiger partial charge in [0, 0.05) is 21.8 Å². The molecule has 4 nitrogen and oxygen atoms in total. The molecule has 1 aromatic heterocycles. The molecule has 0 saturated carbocycles. The Kier molecular flexibility index (Phi) is 2.99. The lowest BCUT2D eigenvalue weighted by Gasteiger charge is -2.05. The lowest BCUT2D eigenvalue weighted by atomic mass is 10.1. The summed E-state index contributed by atoms with van der Waals surface area (Å²) in [7, 11) is 0. The van der Waals surface area contributed by atoms with Crippen molar-refractivity contribution in [3.63, 3.8) is 0 Å². The minimum Gasteiger partial charge on any atom is -0.462 e. The van der Waals surface area contributed by atoms with Gasteiger partial charge in [0.05, 0.1) is 12.2 Å². The lowest BCUT2D eigenvalue weighted by molar-refractivity contribution is 0.0526. The van der Waals surface area contributed by atoms with Crippen LogP contribution < -0.4 is 5.43 Å². The number of ether oxygens (including phenoxy) is 1. The number of esters is 1. The number of pyridine rings is 1. The molecule has 0 unspecified atom stereocenters. The molecule has 4 heteroatoms. The fourth-order valence-corrected chi connectivity index (χ4v) is 2.26. The summed E-state index contributed by atoms with van der Waals surface area (Å²) in [6.45, 7) is 2.06. The van der Waals surface area contributed by atoms with E-state index in [2.05, 4.69) is 4.98 Å². The lowest BCUT2D eigenvalue weighted by Crippen LogP contribution is -2.08. The highest BCUT2D eigenvalue weighted by Gasteiger charge is 2.10. The van der Waals surface area contributed by atoms with Crippen molar-refractivity contribution < 1.29 is 9.53 Å². The number of rotatable bonds is 2. The second kappa shape index (κ2) is 4.81. The van der Waals surface area contributed by atoms with Gasteiger partial charge in [-0.15, -0.1) is 0 Å². The molecule has 3 aromatic rings. The maximum absolute atomic E-state index is 12.4. The van der Waals surface area contributed by atoms with Crippen molar-refractivity contribution in [3.05, 3.63) is 58.3 Å². The molecule has 2 aromatic carbocycles. The summed E-state index contributed by atoms with van der Waals surface area (Å²) in [5.74, 6) is -0.415. The van der Waals surface area contributed by atoms with Gasteiger partial charge in [-0.1, -0.05) is 12.1 Å². The molecular weight excluding hydrogens is 254 g/mol. The second-order valence-corrected chi connectivity index (χ2v) is 4.48. The molecule has 3 rings (SSSR count). The van der Waals surface area contributed by atoms with Crippen LogP contribution in [0, 0.1) is 0 Å². The highest BCUT2D eigenvalue weighted by Crippen LogP contribution is 2.16. The number of carbonyl (C=O) groups excluding carboxylic acids is 1. The number of aromatic amines is 1. The van der Waals surface area contributed by atoms with E-state index in [-0.39, 0.29) is 5.43 Å². The number of fused-ring (bicyclic) bond motifs is 2. The van der Waals surface area contributed by atoms with Gasteiger partial charge >= 0.3 is 5.97 Å². The third-order valence-corrected chi connectivity index (χ3v) is 3.22. The SMILES string of the molecule is CCOC(=O)c1ccc2[nH]c3ccccc3c(=O)c2c1. The molecule has 0 spiro atoms. The molecule has 0 radical (unpaired) electrons. The zero-order chi connectivity index (χ0) is 14.1. The van der Waals surface area contributed by atoms with E-state index in [0.717, 1.165) is 5.52 Å². The molecule has 1 N–H and O–H groups in total. The van der Waals surface area contributed by atoms with Crippen molar-refractivity contribution in [2.45, 2.75) is 6.92 Å². The van der Waals surface area contributed by atoms with E-state index in [9.17, 15) is 9.59 Å². The third-order valence-electron chi connectivity index (χ3n) is 3.22. The topological polar surface area (TPSA) is 59.2 Å². The highest BCUT2D eigenvalue weighted by atomic mass is 16.5. The summed E-state index contributed by atoms with van der Waals surface area (Å²) in [6.07, 6.45) is 0. The Morgan fingerprint density at radius 1 is 1.10 bits per heavy atom. The quantitative estimate of drug-likeness (QED) is 0.573. The van der Waals surface area contributed by atoms with E-state index < -0.39 is 5.97 Å². The summed E-state index contributed by atoms with van der Waals surface area (Å²) in [6, 6.07) is 12.3. The number of aromatic nitrogens is 1. The van der Waals surface area contributed by atoms with E-state index in [1.807, 2.05) is 18.2 Å². The van der Waals surface area contributed by atoms with Gasteiger partial charge in [0.2, 0.25) is 0 Å². The largest absolute Gasteiger partial charge is 0.462 e. The Balaban J connectivity index is 2.28. The number of carbonyl (C=O) groups is 1. The van der Waals surface area contributed by atoms with Crippen LogP contribution in [0.15, 0.2) is 47.3 Å². The molecule has 0 aliphatic carbocycles. The predicted molar refractivity (Wildman–Crippen MR) is 78.0 cm³/mol. The van der Waals surface area contributed by atoms with Gasteiger partial charge in [-0.2, -0.15) is 0 Å². The summed E-state index contributed by atoms with van der Waals surface area (Å²) in [5, 5.41) is 1.11. The molecule has 100 valence electrons. The Morgan fingerprint density at radius 3 is 2.65 bits per heavy atom. The van der Waals surface area contributed by atoms with Gasteiger partial charge in [-0.25, -0.2) is 4.79 Å². The average Bonchev–Trinajstić information content (AvgIpc) is 2.47. The molecule has 1 heterocycles. The van der Waals surface area contributed by atoms with Crippen molar-refractivity contribution in [2.24, 2.45) is 0 Å². The number of benzene rings is 2. The van der Waals surface area contributed by atoms with Crippen LogP contribution in [0.1, 0.15) is 17.3 Å². The Bertz CT molecular complexity index is 864. The minimum atomic E-state index is -0.415. The van der Waals surface area contributed by atoms with E-state index in [4.69, 9.17) is 4.74 Å². The van der Waals surface area contributed by atoms with Crippen LogP contribution in [-0.2, 0) is 4.74 Å². The molecule has 0 fully saturated rings. The summed E-state index contributed by atoms with van der Waals surface area (Å²) in [5.41, 5.74) is 1.80. The predicted octanol–water partition coefficient (Wildman–Crippen LogP) is 2.86. The molecule has 0 saturated heterocycles. The smallest absolute Gasteiger partial charge is 0.338 e. The summed E-state index contributed by atoms with van der Waals surface area (Å²) < 4.78 is 4.95. The number of hydrogen-bond donors (Lipinski definition) is 1. The van der Waals surface area contributed by atoms with Gasteiger partial charge in [0.1, 0.15) is 0 Å². The zero-order valence-electron chi connectivity index (χ0n) is 11.0. The Labute approximate surface area is 115 Å². The van der Waals surface area contributed by atoms with Crippen LogP contribution in [0.25, 0.3) is 21.8 Å². The molecule has 20 heavy (non-hydrogen) atoms. The fraction of sp³-hybridized carbons (Fsp3) is 0.125. The van der Waals surface area contributed by atoms with Crippen LogP contribution in [0.5, 0.6) is 0 Å². The van der Waals surface area contributed by atoms with Crippen molar-refractivity contribution in [1.29, 1.82) is 0 Å². The molecule has 0 atom stereocenters. The van der Waals surface area contributed by atoms with E-state index in [1.165, 1.54) is 0 Å². The van der Waals surface area contributed by atoms with Gasteiger partial charge in [-0.05, 0) is 37.3 Å². The van der Waals surface area contributed by atoms with Gasteiger partial charge in [0.15, 0.2) is 5.43 Å².